The summed E-state index contributed by atoms with van der Waals surface area (Å²) >= 11 is 0. The number of rotatable bonds is 2. The van der Waals surface area contributed by atoms with E-state index in [0.29, 0.717) is 12.1 Å². The molecule has 2 saturated heterocycles. The normalized spacial score (nSPS) is 31.1. The standard InChI is InChI=1S/C15H23N3/c1-10(2)12-8-13-5-6-14(9-12)18(13)15-7-4-11(3)16-17-15/h4,7,10,12-14H,5-6,8-9H2,1-3H3. The summed E-state index contributed by atoms with van der Waals surface area (Å²) in [6.07, 6.45) is 5.35. The molecule has 0 saturated carbocycles. The topological polar surface area (TPSA) is 29.0 Å². The molecule has 0 aliphatic carbocycles. The van der Waals surface area contributed by atoms with Gasteiger partial charge >= 0.3 is 0 Å². The predicted octanol–water partition coefficient (Wildman–Crippen LogP) is 3.19. The Kier molecular flexibility index (Phi) is 3.00. The minimum Gasteiger partial charge on any atom is -0.349 e. The number of hydrogen-bond acceptors (Lipinski definition) is 3. The Hall–Kier alpha value is -1.12. The lowest BCUT2D eigenvalue weighted by Gasteiger charge is -2.41. The molecule has 0 N–H and O–H groups in total. The molecule has 2 aliphatic rings. The number of hydrogen-bond donors (Lipinski definition) is 0. The van der Waals surface area contributed by atoms with Gasteiger partial charge in [-0.3, -0.25) is 0 Å². The third-order valence-electron chi connectivity index (χ3n) is 4.76. The van der Waals surface area contributed by atoms with Crippen molar-refractivity contribution in [3.63, 3.8) is 0 Å². The second kappa shape index (κ2) is 4.52. The van der Waals surface area contributed by atoms with Gasteiger partial charge in [0, 0.05) is 12.1 Å². The monoisotopic (exact) mass is 245 g/mol. The van der Waals surface area contributed by atoms with E-state index in [-0.39, 0.29) is 0 Å². The van der Waals surface area contributed by atoms with Crippen LogP contribution in [-0.2, 0) is 0 Å². The van der Waals surface area contributed by atoms with Gasteiger partial charge in [-0.2, -0.15) is 5.10 Å². The van der Waals surface area contributed by atoms with Crippen LogP contribution in [0.25, 0.3) is 0 Å². The Morgan fingerprint density at radius 1 is 1.11 bits per heavy atom. The Bertz CT molecular complexity index is 398. The van der Waals surface area contributed by atoms with Crippen molar-refractivity contribution in [2.45, 2.75) is 58.5 Å². The molecule has 0 spiro atoms. The molecule has 0 aromatic carbocycles. The highest BCUT2D eigenvalue weighted by Crippen LogP contribution is 2.42. The van der Waals surface area contributed by atoms with Gasteiger partial charge in [-0.1, -0.05) is 13.8 Å². The largest absolute Gasteiger partial charge is 0.349 e. The maximum Gasteiger partial charge on any atom is 0.151 e. The van der Waals surface area contributed by atoms with Crippen molar-refractivity contribution < 1.29 is 0 Å². The highest BCUT2D eigenvalue weighted by Gasteiger charge is 2.42. The molecule has 18 heavy (non-hydrogen) atoms. The van der Waals surface area contributed by atoms with E-state index in [1.54, 1.807) is 0 Å². The average molecular weight is 245 g/mol. The molecule has 98 valence electrons. The molecule has 3 heterocycles. The van der Waals surface area contributed by atoms with E-state index in [2.05, 4.69) is 41.1 Å². The summed E-state index contributed by atoms with van der Waals surface area (Å²) < 4.78 is 0. The zero-order valence-electron chi connectivity index (χ0n) is 11.6. The number of anilines is 1. The Balaban J connectivity index is 1.81. The van der Waals surface area contributed by atoms with Gasteiger partial charge in [-0.25, -0.2) is 0 Å². The molecule has 3 heteroatoms. The van der Waals surface area contributed by atoms with Crippen molar-refractivity contribution in [3.05, 3.63) is 17.8 Å². The minimum absolute atomic E-state index is 0.702. The lowest BCUT2D eigenvalue weighted by Crippen LogP contribution is -2.44. The van der Waals surface area contributed by atoms with Gasteiger partial charge in [0.25, 0.3) is 0 Å². The Morgan fingerprint density at radius 2 is 1.78 bits per heavy atom. The van der Waals surface area contributed by atoms with E-state index in [1.807, 2.05) is 6.92 Å². The van der Waals surface area contributed by atoms with E-state index in [1.165, 1.54) is 25.7 Å². The van der Waals surface area contributed by atoms with Crippen molar-refractivity contribution in [1.29, 1.82) is 0 Å². The van der Waals surface area contributed by atoms with Crippen LogP contribution in [-0.4, -0.2) is 22.3 Å². The maximum absolute atomic E-state index is 4.39. The lowest BCUT2D eigenvalue weighted by atomic mass is 9.82. The van der Waals surface area contributed by atoms with Crippen molar-refractivity contribution in [1.82, 2.24) is 10.2 Å². The van der Waals surface area contributed by atoms with Gasteiger partial charge in [0.2, 0.25) is 0 Å². The zero-order chi connectivity index (χ0) is 12.7. The van der Waals surface area contributed by atoms with Crippen LogP contribution in [0.15, 0.2) is 12.1 Å². The van der Waals surface area contributed by atoms with Gasteiger partial charge in [-0.15, -0.1) is 5.10 Å². The predicted molar refractivity (Wildman–Crippen MR) is 73.6 cm³/mol. The van der Waals surface area contributed by atoms with Gasteiger partial charge in [0.15, 0.2) is 5.82 Å². The van der Waals surface area contributed by atoms with E-state index < -0.39 is 0 Å². The lowest BCUT2D eigenvalue weighted by molar-refractivity contribution is 0.266. The summed E-state index contributed by atoms with van der Waals surface area (Å²) in [6.45, 7) is 6.73. The smallest absolute Gasteiger partial charge is 0.151 e. The van der Waals surface area contributed by atoms with Crippen LogP contribution in [0.5, 0.6) is 0 Å². The van der Waals surface area contributed by atoms with Crippen LogP contribution >= 0.6 is 0 Å². The van der Waals surface area contributed by atoms with Crippen molar-refractivity contribution in [2.75, 3.05) is 4.90 Å². The van der Waals surface area contributed by atoms with E-state index in [0.717, 1.165) is 23.3 Å². The molecule has 2 bridgehead atoms. The minimum atomic E-state index is 0.702. The first-order chi connectivity index (χ1) is 8.65. The van der Waals surface area contributed by atoms with Gasteiger partial charge < -0.3 is 4.90 Å². The van der Waals surface area contributed by atoms with Gasteiger partial charge in [0.1, 0.15) is 0 Å². The second-order valence-corrected chi connectivity index (χ2v) is 6.30. The first-order valence-corrected chi connectivity index (χ1v) is 7.24. The van der Waals surface area contributed by atoms with Crippen LogP contribution in [0, 0.1) is 18.8 Å². The van der Waals surface area contributed by atoms with E-state index in [4.69, 9.17) is 0 Å². The van der Waals surface area contributed by atoms with Crippen LogP contribution < -0.4 is 4.90 Å². The molecule has 2 aliphatic heterocycles. The van der Waals surface area contributed by atoms with E-state index >= 15 is 0 Å². The molecule has 1 aromatic rings. The molecular weight excluding hydrogens is 222 g/mol. The molecule has 3 nitrogen and oxygen atoms in total. The molecule has 0 amide bonds. The zero-order valence-corrected chi connectivity index (χ0v) is 11.6. The molecule has 2 fully saturated rings. The van der Waals surface area contributed by atoms with E-state index in [9.17, 15) is 0 Å². The van der Waals surface area contributed by atoms with Crippen LogP contribution in [0.1, 0.15) is 45.2 Å². The fraction of sp³-hybridized carbons (Fsp3) is 0.733. The van der Waals surface area contributed by atoms with Crippen LogP contribution in [0.3, 0.4) is 0 Å². The van der Waals surface area contributed by atoms with Crippen LogP contribution in [0.4, 0.5) is 5.82 Å². The van der Waals surface area contributed by atoms with Gasteiger partial charge in [-0.05, 0) is 56.6 Å². The van der Waals surface area contributed by atoms with Crippen LogP contribution in [0.2, 0.25) is 0 Å². The fourth-order valence-electron chi connectivity index (χ4n) is 3.67. The highest BCUT2D eigenvalue weighted by molar-refractivity contribution is 5.43. The molecule has 2 unspecified atom stereocenters. The van der Waals surface area contributed by atoms with Crippen molar-refractivity contribution in [3.8, 4) is 0 Å². The summed E-state index contributed by atoms with van der Waals surface area (Å²) in [4.78, 5) is 2.55. The summed E-state index contributed by atoms with van der Waals surface area (Å²) in [5, 5.41) is 8.60. The Morgan fingerprint density at radius 3 is 2.28 bits per heavy atom. The highest BCUT2D eigenvalue weighted by atomic mass is 15.3. The Labute approximate surface area is 110 Å². The summed E-state index contributed by atoms with van der Waals surface area (Å²) in [6, 6.07) is 5.63. The first kappa shape index (κ1) is 11.9. The SMILES string of the molecule is Cc1ccc(N2C3CCC2CC(C(C)C)C3)nn1. The fourth-order valence-corrected chi connectivity index (χ4v) is 3.67. The molecule has 1 aromatic heterocycles. The molecule has 2 atom stereocenters. The summed E-state index contributed by atoms with van der Waals surface area (Å²) in [5.74, 6) is 2.81. The summed E-state index contributed by atoms with van der Waals surface area (Å²) in [5.41, 5.74) is 1.00. The maximum atomic E-state index is 4.39. The average Bonchev–Trinajstić information content (AvgIpc) is 2.61. The second-order valence-electron chi connectivity index (χ2n) is 6.30. The quantitative estimate of drug-likeness (QED) is 0.801. The molecule has 3 rings (SSSR count). The number of nitrogens with zero attached hydrogens (tertiary/aromatic N) is 3. The summed E-state index contributed by atoms with van der Waals surface area (Å²) in [7, 11) is 0. The van der Waals surface area contributed by atoms with Crippen molar-refractivity contribution >= 4 is 5.82 Å². The third kappa shape index (κ3) is 2.00. The van der Waals surface area contributed by atoms with Gasteiger partial charge in [0.05, 0.1) is 5.69 Å². The number of fused-ring (bicyclic) bond motifs is 2. The first-order valence-electron chi connectivity index (χ1n) is 7.24. The third-order valence-corrected chi connectivity index (χ3v) is 4.76. The number of aromatic nitrogens is 2. The molecular formula is C15H23N3. The van der Waals surface area contributed by atoms with Crippen molar-refractivity contribution in [2.24, 2.45) is 11.8 Å². The number of piperidine rings is 1. The molecule has 0 radical (unpaired) electrons. The number of aryl methyl sites for hydroxylation is 1.